The molecule has 1 aromatic rings. The van der Waals surface area contributed by atoms with Crippen LogP contribution in [0.1, 0.15) is 32.3 Å². The van der Waals surface area contributed by atoms with Crippen LogP contribution >= 0.6 is 15.9 Å². The molecule has 0 unspecified atom stereocenters. The Bertz CT molecular complexity index is 335. The molecule has 16 heavy (non-hydrogen) atoms. The maximum Gasteiger partial charge on any atom is 0.0458 e. The van der Waals surface area contributed by atoms with E-state index in [0.717, 1.165) is 16.7 Å². The lowest BCUT2D eigenvalue weighted by molar-refractivity contribution is 0.222. The fraction of sp³-hybridized carbons (Fsp3) is 0.538. The van der Waals surface area contributed by atoms with Crippen molar-refractivity contribution in [2.24, 2.45) is 0 Å². The van der Waals surface area contributed by atoms with Crippen molar-refractivity contribution in [3.05, 3.63) is 28.2 Å². The third-order valence-corrected chi connectivity index (χ3v) is 3.75. The van der Waals surface area contributed by atoms with E-state index in [4.69, 9.17) is 5.73 Å². The van der Waals surface area contributed by atoms with Crippen LogP contribution < -0.4 is 5.73 Å². The summed E-state index contributed by atoms with van der Waals surface area (Å²) in [4.78, 5) is 2.40. The summed E-state index contributed by atoms with van der Waals surface area (Å²) in [5.74, 6) is 0. The van der Waals surface area contributed by atoms with Gasteiger partial charge >= 0.3 is 0 Å². The number of nitrogens with two attached hydrogens (primary N) is 1. The number of rotatable bonds is 5. The first-order valence-electron chi connectivity index (χ1n) is 5.82. The van der Waals surface area contributed by atoms with Crippen molar-refractivity contribution in [2.45, 2.75) is 39.3 Å². The monoisotopic (exact) mass is 284 g/mol. The molecule has 90 valence electrons. The lowest BCUT2D eigenvalue weighted by Gasteiger charge is -2.26. The van der Waals surface area contributed by atoms with Crippen LogP contribution in [0.15, 0.2) is 22.7 Å². The molecule has 2 N–H and O–H groups in total. The summed E-state index contributed by atoms with van der Waals surface area (Å²) in [5, 5.41) is 0. The smallest absolute Gasteiger partial charge is 0.0458 e. The van der Waals surface area contributed by atoms with Gasteiger partial charge in [-0.1, -0.05) is 19.9 Å². The van der Waals surface area contributed by atoms with Crippen molar-refractivity contribution in [3.63, 3.8) is 0 Å². The summed E-state index contributed by atoms with van der Waals surface area (Å²) in [6.45, 7) is 5.46. The Hall–Kier alpha value is -0.540. The molecular formula is C13H21BrN2. The van der Waals surface area contributed by atoms with Crippen LogP contribution in [0.3, 0.4) is 0 Å². The SMILES string of the molecule is CCC(CC)N(C)Cc1ccc(N)c(Br)c1. The van der Waals surface area contributed by atoms with Gasteiger partial charge in [-0.15, -0.1) is 0 Å². The Labute approximate surface area is 107 Å². The van der Waals surface area contributed by atoms with E-state index in [-0.39, 0.29) is 0 Å². The molecule has 0 heterocycles. The van der Waals surface area contributed by atoms with E-state index in [1.807, 2.05) is 6.07 Å². The zero-order chi connectivity index (χ0) is 12.1. The van der Waals surface area contributed by atoms with Crippen LogP contribution in [0, 0.1) is 0 Å². The molecule has 0 aromatic heterocycles. The largest absolute Gasteiger partial charge is 0.398 e. The molecule has 0 bridgehead atoms. The van der Waals surface area contributed by atoms with E-state index in [1.54, 1.807) is 0 Å². The molecule has 0 aliphatic rings. The summed E-state index contributed by atoms with van der Waals surface area (Å²) in [5.41, 5.74) is 7.87. The highest BCUT2D eigenvalue weighted by molar-refractivity contribution is 9.10. The first kappa shape index (κ1) is 13.5. The van der Waals surface area contributed by atoms with Crippen molar-refractivity contribution < 1.29 is 0 Å². The average molecular weight is 285 g/mol. The molecule has 1 aromatic carbocycles. The molecular weight excluding hydrogens is 264 g/mol. The Morgan fingerprint density at radius 2 is 1.94 bits per heavy atom. The van der Waals surface area contributed by atoms with Crippen LogP contribution in [0.25, 0.3) is 0 Å². The van der Waals surface area contributed by atoms with Crippen molar-refractivity contribution in [1.29, 1.82) is 0 Å². The highest BCUT2D eigenvalue weighted by Crippen LogP contribution is 2.21. The van der Waals surface area contributed by atoms with Gasteiger partial charge in [0.2, 0.25) is 0 Å². The minimum Gasteiger partial charge on any atom is -0.398 e. The van der Waals surface area contributed by atoms with E-state index in [2.05, 4.69) is 53.9 Å². The van der Waals surface area contributed by atoms with Gasteiger partial charge in [-0.05, 0) is 53.5 Å². The molecule has 2 nitrogen and oxygen atoms in total. The van der Waals surface area contributed by atoms with Gasteiger partial charge in [-0.2, -0.15) is 0 Å². The molecule has 0 radical (unpaired) electrons. The molecule has 0 atom stereocenters. The van der Waals surface area contributed by atoms with Gasteiger partial charge in [0.25, 0.3) is 0 Å². The first-order chi connectivity index (χ1) is 7.58. The summed E-state index contributed by atoms with van der Waals surface area (Å²) >= 11 is 3.46. The second-order valence-corrected chi connectivity index (χ2v) is 5.10. The highest BCUT2D eigenvalue weighted by Gasteiger charge is 2.10. The highest BCUT2D eigenvalue weighted by atomic mass is 79.9. The fourth-order valence-electron chi connectivity index (χ4n) is 2.00. The van der Waals surface area contributed by atoms with Gasteiger partial charge in [-0.25, -0.2) is 0 Å². The van der Waals surface area contributed by atoms with E-state index in [1.165, 1.54) is 18.4 Å². The molecule has 0 spiro atoms. The van der Waals surface area contributed by atoms with Crippen LogP contribution in [0.4, 0.5) is 5.69 Å². The van der Waals surface area contributed by atoms with E-state index in [9.17, 15) is 0 Å². The minimum absolute atomic E-state index is 0.663. The van der Waals surface area contributed by atoms with Gasteiger partial charge in [0.1, 0.15) is 0 Å². The lowest BCUT2D eigenvalue weighted by atomic mass is 10.1. The summed E-state index contributed by atoms with van der Waals surface area (Å²) < 4.78 is 0.989. The Kier molecular flexibility index (Phi) is 5.29. The quantitative estimate of drug-likeness (QED) is 0.837. The molecule has 0 saturated heterocycles. The molecule has 3 heteroatoms. The van der Waals surface area contributed by atoms with Gasteiger partial charge in [0.05, 0.1) is 0 Å². The zero-order valence-electron chi connectivity index (χ0n) is 10.3. The number of anilines is 1. The van der Waals surface area contributed by atoms with Crippen molar-refractivity contribution in [2.75, 3.05) is 12.8 Å². The Morgan fingerprint density at radius 3 is 2.44 bits per heavy atom. The number of nitrogens with zero attached hydrogens (tertiary/aromatic N) is 1. The molecule has 0 saturated carbocycles. The van der Waals surface area contributed by atoms with Crippen LogP contribution in [-0.2, 0) is 6.54 Å². The minimum atomic E-state index is 0.663. The number of hydrogen-bond donors (Lipinski definition) is 1. The number of nitrogen functional groups attached to an aromatic ring is 1. The zero-order valence-corrected chi connectivity index (χ0v) is 11.9. The predicted molar refractivity (Wildman–Crippen MR) is 74.4 cm³/mol. The standard InChI is InChI=1S/C13H21BrN2/c1-4-11(5-2)16(3)9-10-6-7-13(15)12(14)8-10/h6-8,11H,4-5,9,15H2,1-3H3. The van der Waals surface area contributed by atoms with Crippen molar-refractivity contribution >= 4 is 21.6 Å². The van der Waals surface area contributed by atoms with E-state index >= 15 is 0 Å². The average Bonchev–Trinajstić information content (AvgIpc) is 2.25. The van der Waals surface area contributed by atoms with E-state index < -0.39 is 0 Å². The fourth-order valence-corrected chi connectivity index (χ4v) is 2.42. The first-order valence-corrected chi connectivity index (χ1v) is 6.61. The summed E-state index contributed by atoms with van der Waals surface area (Å²) in [6.07, 6.45) is 2.40. The van der Waals surface area contributed by atoms with Gasteiger partial charge < -0.3 is 5.73 Å². The second-order valence-electron chi connectivity index (χ2n) is 4.24. The van der Waals surface area contributed by atoms with Gasteiger partial charge in [-0.3, -0.25) is 4.90 Å². The third kappa shape index (κ3) is 3.49. The molecule has 0 aliphatic heterocycles. The van der Waals surface area contributed by atoms with E-state index in [0.29, 0.717) is 6.04 Å². The maximum absolute atomic E-state index is 5.77. The Balaban J connectivity index is 2.69. The van der Waals surface area contributed by atoms with Crippen molar-refractivity contribution in [3.8, 4) is 0 Å². The molecule has 0 aliphatic carbocycles. The number of hydrogen-bond acceptors (Lipinski definition) is 2. The van der Waals surface area contributed by atoms with Crippen LogP contribution in [0.5, 0.6) is 0 Å². The van der Waals surface area contributed by atoms with Crippen molar-refractivity contribution in [1.82, 2.24) is 4.90 Å². The normalized spacial score (nSPS) is 11.4. The lowest BCUT2D eigenvalue weighted by Crippen LogP contribution is -2.29. The third-order valence-electron chi connectivity index (χ3n) is 3.06. The Morgan fingerprint density at radius 1 is 1.31 bits per heavy atom. The predicted octanol–water partition coefficient (Wildman–Crippen LogP) is 3.65. The van der Waals surface area contributed by atoms with Gasteiger partial charge in [0.15, 0.2) is 0 Å². The van der Waals surface area contributed by atoms with Gasteiger partial charge in [0, 0.05) is 22.7 Å². The molecule has 0 fully saturated rings. The number of benzene rings is 1. The number of halogens is 1. The molecule has 0 amide bonds. The maximum atomic E-state index is 5.77. The van der Waals surface area contributed by atoms with Crippen LogP contribution in [0.2, 0.25) is 0 Å². The van der Waals surface area contributed by atoms with Crippen LogP contribution in [-0.4, -0.2) is 18.0 Å². The summed E-state index contributed by atoms with van der Waals surface area (Å²) in [6, 6.07) is 6.82. The summed E-state index contributed by atoms with van der Waals surface area (Å²) in [7, 11) is 2.18. The second kappa shape index (κ2) is 6.26. The topological polar surface area (TPSA) is 29.3 Å². The molecule has 1 rings (SSSR count).